The third-order valence-electron chi connectivity index (χ3n) is 2.06. The Bertz CT molecular complexity index is 249. The molecule has 0 N–H and O–H groups in total. The first kappa shape index (κ1) is 9.05. The van der Waals surface area contributed by atoms with Gasteiger partial charge in [-0.1, -0.05) is 36.5 Å². The predicted molar refractivity (Wildman–Crippen MR) is 55.0 cm³/mol. The first-order valence-corrected chi connectivity index (χ1v) is 4.50. The number of rotatable bonds is 2. The van der Waals surface area contributed by atoms with E-state index in [-0.39, 0.29) is 0 Å². The van der Waals surface area contributed by atoms with Crippen LogP contribution in [0.1, 0.15) is 26.7 Å². The van der Waals surface area contributed by atoms with Crippen LogP contribution in [0.2, 0.25) is 0 Å². The van der Waals surface area contributed by atoms with Crippen LogP contribution in [0, 0.1) is 0 Å². The van der Waals surface area contributed by atoms with Gasteiger partial charge in [0.15, 0.2) is 0 Å². The van der Waals surface area contributed by atoms with Gasteiger partial charge in [-0.15, -0.1) is 0 Å². The first-order valence-electron chi connectivity index (χ1n) is 4.50. The molecule has 1 aliphatic rings. The maximum atomic E-state index is 2.24. The lowest BCUT2D eigenvalue weighted by Crippen LogP contribution is -1.88. The Kier molecular flexibility index (Phi) is 3.59. The van der Waals surface area contributed by atoms with Crippen molar-refractivity contribution >= 4 is 0 Å². The minimum atomic E-state index is 1.19. The van der Waals surface area contributed by atoms with Gasteiger partial charge in [-0.25, -0.2) is 0 Å². The molecule has 0 saturated heterocycles. The molecule has 0 aromatic carbocycles. The van der Waals surface area contributed by atoms with Crippen molar-refractivity contribution in [2.75, 3.05) is 0 Å². The molecule has 0 atom stereocenters. The monoisotopic (exact) mass is 160 g/mol. The van der Waals surface area contributed by atoms with Gasteiger partial charge in [0.1, 0.15) is 0 Å². The molecule has 0 heterocycles. The van der Waals surface area contributed by atoms with E-state index in [1.807, 2.05) is 13.0 Å². The zero-order chi connectivity index (χ0) is 8.81. The summed E-state index contributed by atoms with van der Waals surface area (Å²) in [5.74, 6) is 0. The second-order valence-corrected chi connectivity index (χ2v) is 3.03. The van der Waals surface area contributed by atoms with Gasteiger partial charge in [-0.05, 0) is 37.8 Å². The Balaban J connectivity index is 2.67. The van der Waals surface area contributed by atoms with E-state index in [1.165, 1.54) is 24.0 Å². The fourth-order valence-corrected chi connectivity index (χ4v) is 1.30. The van der Waals surface area contributed by atoms with E-state index in [0.717, 1.165) is 0 Å². The largest absolute Gasteiger partial charge is 0.0877 e. The quantitative estimate of drug-likeness (QED) is 0.539. The van der Waals surface area contributed by atoms with Crippen molar-refractivity contribution in [3.05, 3.63) is 47.6 Å². The molecular formula is C12H16. The van der Waals surface area contributed by atoms with Crippen molar-refractivity contribution in [2.45, 2.75) is 26.7 Å². The Hall–Kier alpha value is -1.04. The van der Waals surface area contributed by atoms with Crippen molar-refractivity contribution in [2.24, 2.45) is 0 Å². The maximum Gasteiger partial charge on any atom is -0.0241 e. The van der Waals surface area contributed by atoms with E-state index < -0.39 is 0 Å². The average molecular weight is 160 g/mol. The van der Waals surface area contributed by atoms with Crippen molar-refractivity contribution in [3.8, 4) is 0 Å². The zero-order valence-electron chi connectivity index (χ0n) is 7.88. The summed E-state index contributed by atoms with van der Waals surface area (Å²) < 4.78 is 0. The lowest BCUT2D eigenvalue weighted by atomic mass is 9.98. The summed E-state index contributed by atoms with van der Waals surface area (Å²) in [7, 11) is 0. The van der Waals surface area contributed by atoms with Crippen LogP contribution in [0.5, 0.6) is 0 Å². The molecule has 64 valence electrons. The molecule has 1 aliphatic carbocycles. The Morgan fingerprint density at radius 2 is 2.17 bits per heavy atom. The van der Waals surface area contributed by atoms with Crippen molar-refractivity contribution in [1.82, 2.24) is 0 Å². The summed E-state index contributed by atoms with van der Waals surface area (Å²) in [4.78, 5) is 0. The fraction of sp³-hybridized carbons (Fsp3) is 0.333. The van der Waals surface area contributed by atoms with E-state index in [4.69, 9.17) is 0 Å². The molecule has 0 aromatic heterocycles. The number of hydrogen-bond donors (Lipinski definition) is 0. The van der Waals surface area contributed by atoms with E-state index >= 15 is 0 Å². The van der Waals surface area contributed by atoms with E-state index in [9.17, 15) is 0 Å². The first-order chi connectivity index (χ1) is 5.84. The molecule has 1 rings (SSSR count). The van der Waals surface area contributed by atoms with Gasteiger partial charge in [0, 0.05) is 0 Å². The maximum absolute atomic E-state index is 2.24. The molecule has 12 heavy (non-hydrogen) atoms. The van der Waals surface area contributed by atoms with E-state index in [1.54, 1.807) is 0 Å². The number of allylic oxidation sites excluding steroid dienone is 8. The van der Waals surface area contributed by atoms with Crippen molar-refractivity contribution < 1.29 is 0 Å². The summed E-state index contributed by atoms with van der Waals surface area (Å²) >= 11 is 0. The molecule has 0 radical (unpaired) electrons. The standard InChI is InChI=1S/C12H16/c1-3-4-5-9-12-10-7-6-8-11(12)2/h3-6,8-9H,7,10H2,1-2H3/b4-3-,9-5-. The molecule has 0 saturated carbocycles. The van der Waals surface area contributed by atoms with E-state index in [2.05, 4.69) is 37.3 Å². The molecule has 0 unspecified atom stereocenters. The normalized spacial score (nSPS) is 18.5. The lowest BCUT2D eigenvalue weighted by Gasteiger charge is -2.07. The summed E-state index contributed by atoms with van der Waals surface area (Å²) in [6.07, 6.45) is 15.3. The van der Waals surface area contributed by atoms with Gasteiger partial charge in [0.05, 0.1) is 0 Å². The van der Waals surface area contributed by atoms with Gasteiger partial charge >= 0.3 is 0 Å². The molecule has 0 amide bonds. The van der Waals surface area contributed by atoms with Gasteiger partial charge < -0.3 is 0 Å². The second kappa shape index (κ2) is 4.76. The highest BCUT2D eigenvalue weighted by atomic mass is 14.0. The van der Waals surface area contributed by atoms with Crippen LogP contribution in [0.3, 0.4) is 0 Å². The Labute approximate surface area is 75.0 Å². The molecule has 0 spiro atoms. The van der Waals surface area contributed by atoms with Gasteiger partial charge in [0.2, 0.25) is 0 Å². The predicted octanol–water partition coefficient (Wildman–Crippen LogP) is 3.79. The molecule has 0 aliphatic heterocycles. The molecule has 0 nitrogen and oxygen atoms in total. The third kappa shape index (κ3) is 2.54. The minimum absolute atomic E-state index is 1.19. The molecule has 0 bridgehead atoms. The van der Waals surface area contributed by atoms with Crippen LogP contribution in [-0.4, -0.2) is 0 Å². The topological polar surface area (TPSA) is 0 Å². The molecule has 0 heteroatoms. The minimum Gasteiger partial charge on any atom is -0.0877 e. The summed E-state index contributed by atoms with van der Waals surface area (Å²) in [6, 6.07) is 0. The zero-order valence-corrected chi connectivity index (χ0v) is 7.88. The van der Waals surface area contributed by atoms with Crippen molar-refractivity contribution in [3.63, 3.8) is 0 Å². The van der Waals surface area contributed by atoms with Crippen LogP contribution in [0.25, 0.3) is 0 Å². The van der Waals surface area contributed by atoms with Gasteiger partial charge in [-0.2, -0.15) is 0 Å². The number of hydrogen-bond acceptors (Lipinski definition) is 0. The van der Waals surface area contributed by atoms with Gasteiger partial charge in [0.25, 0.3) is 0 Å². The highest BCUT2D eigenvalue weighted by molar-refractivity contribution is 5.35. The highest BCUT2D eigenvalue weighted by Crippen LogP contribution is 2.19. The van der Waals surface area contributed by atoms with Crippen LogP contribution < -0.4 is 0 Å². The van der Waals surface area contributed by atoms with Crippen LogP contribution in [-0.2, 0) is 0 Å². The summed E-state index contributed by atoms with van der Waals surface area (Å²) in [5.41, 5.74) is 2.87. The van der Waals surface area contributed by atoms with Crippen LogP contribution in [0.15, 0.2) is 47.6 Å². The smallest absolute Gasteiger partial charge is 0.0241 e. The fourth-order valence-electron chi connectivity index (χ4n) is 1.30. The van der Waals surface area contributed by atoms with Gasteiger partial charge in [-0.3, -0.25) is 0 Å². The van der Waals surface area contributed by atoms with Crippen molar-refractivity contribution in [1.29, 1.82) is 0 Å². The molecular weight excluding hydrogens is 144 g/mol. The summed E-state index contributed by atoms with van der Waals surface area (Å²) in [6.45, 7) is 4.21. The highest BCUT2D eigenvalue weighted by Gasteiger charge is 1.99. The Morgan fingerprint density at radius 1 is 1.33 bits per heavy atom. The average Bonchev–Trinajstić information content (AvgIpc) is 2.09. The van der Waals surface area contributed by atoms with E-state index in [0.29, 0.717) is 0 Å². The summed E-state index contributed by atoms with van der Waals surface area (Å²) in [5, 5.41) is 0. The lowest BCUT2D eigenvalue weighted by molar-refractivity contribution is 0.969. The third-order valence-corrected chi connectivity index (χ3v) is 2.06. The second-order valence-electron chi connectivity index (χ2n) is 3.03. The molecule has 0 aromatic rings. The molecule has 0 fully saturated rings. The Morgan fingerprint density at radius 3 is 2.83 bits per heavy atom. The van der Waals surface area contributed by atoms with Crippen LogP contribution >= 0.6 is 0 Å². The van der Waals surface area contributed by atoms with Crippen LogP contribution in [0.4, 0.5) is 0 Å². The SMILES string of the molecule is C/C=C\C=C/C1=C(C)C=CCC1.